The Balaban J connectivity index is 1.22. The largest absolute Gasteiger partial charge is 0.367 e. The van der Waals surface area contributed by atoms with Crippen molar-refractivity contribution in [1.29, 1.82) is 0 Å². The molecule has 0 unspecified atom stereocenters. The monoisotopic (exact) mass is 513 g/mol. The Morgan fingerprint density at radius 3 is 2.60 bits per heavy atom. The maximum atomic E-state index is 13.4. The van der Waals surface area contributed by atoms with Gasteiger partial charge >= 0.3 is 0 Å². The van der Waals surface area contributed by atoms with E-state index in [-0.39, 0.29) is 11.8 Å². The van der Waals surface area contributed by atoms with E-state index in [1.54, 1.807) is 6.07 Å². The summed E-state index contributed by atoms with van der Waals surface area (Å²) in [4.78, 5) is 25.1. The molecule has 1 aromatic heterocycles. The number of hydrogen-bond donors (Lipinski definition) is 0. The molecule has 0 saturated carbocycles. The van der Waals surface area contributed by atoms with Gasteiger partial charge in [-0.05, 0) is 63.6 Å². The van der Waals surface area contributed by atoms with Crippen LogP contribution in [0.1, 0.15) is 38.6 Å². The van der Waals surface area contributed by atoms with Crippen LogP contribution in [0.25, 0.3) is 11.0 Å². The van der Waals surface area contributed by atoms with Crippen LogP contribution in [0.2, 0.25) is 10.0 Å². The number of piperidine rings is 1. The lowest BCUT2D eigenvalue weighted by Gasteiger charge is -2.40. The molecule has 0 bridgehead atoms. The number of amides is 1. The Morgan fingerprint density at radius 2 is 1.83 bits per heavy atom. The van der Waals surface area contributed by atoms with Crippen LogP contribution in [0.4, 0.5) is 5.69 Å². The maximum Gasteiger partial charge on any atom is 0.227 e. The number of fused-ring (bicyclic) bond motifs is 1. The van der Waals surface area contributed by atoms with Crippen molar-refractivity contribution in [3.63, 3.8) is 0 Å². The van der Waals surface area contributed by atoms with Gasteiger partial charge in [-0.3, -0.25) is 9.69 Å². The molecule has 3 heterocycles. The number of nitrogens with zero attached hydrogens (tertiary/aromatic N) is 5. The summed E-state index contributed by atoms with van der Waals surface area (Å²) in [7, 11) is 0. The van der Waals surface area contributed by atoms with Gasteiger partial charge in [0.15, 0.2) is 0 Å². The van der Waals surface area contributed by atoms with Crippen LogP contribution in [0, 0.1) is 5.92 Å². The van der Waals surface area contributed by atoms with E-state index in [1.165, 1.54) is 5.52 Å². The number of rotatable bonds is 5. The van der Waals surface area contributed by atoms with Gasteiger partial charge in [0.2, 0.25) is 5.91 Å². The molecule has 2 aliphatic rings. The van der Waals surface area contributed by atoms with Crippen LogP contribution >= 0.6 is 23.2 Å². The zero-order chi connectivity index (χ0) is 24.5. The minimum atomic E-state index is 0.0435. The Kier molecular flexibility index (Phi) is 7.24. The van der Waals surface area contributed by atoms with E-state index in [0.29, 0.717) is 29.2 Å². The Labute approximate surface area is 217 Å². The number of carbonyl (C=O) groups excluding carboxylic acids is 1. The maximum absolute atomic E-state index is 13.4. The van der Waals surface area contributed by atoms with E-state index in [1.807, 2.05) is 23.1 Å². The van der Waals surface area contributed by atoms with Crippen molar-refractivity contribution < 1.29 is 4.79 Å². The van der Waals surface area contributed by atoms with Crippen molar-refractivity contribution >= 4 is 45.8 Å². The first-order valence-electron chi connectivity index (χ1n) is 12.6. The molecule has 8 heteroatoms. The van der Waals surface area contributed by atoms with Crippen molar-refractivity contribution in [2.75, 3.05) is 44.2 Å². The average Bonchev–Trinajstić information content (AvgIpc) is 3.23. The highest BCUT2D eigenvalue weighted by Crippen LogP contribution is 2.30. The summed E-state index contributed by atoms with van der Waals surface area (Å²) in [5.74, 6) is 1.41. The second kappa shape index (κ2) is 10.4. The number of hydrogen-bond acceptors (Lipinski definition) is 4. The van der Waals surface area contributed by atoms with Crippen LogP contribution in [-0.2, 0) is 11.3 Å². The topological polar surface area (TPSA) is 44.6 Å². The summed E-state index contributed by atoms with van der Waals surface area (Å²) in [6.45, 7) is 9.93. The predicted molar refractivity (Wildman–Crippen MR) is 143 cm³/mol. The first-order chi connectivity index (χ1) is 16.9. The highest BCUT2D eigenvalue weighted by Gasteiger charge is 2.32. The fourth-order valence-corrected chi connectivity index (χ4v) is 5.94. The van der Waals surface area contributed by atoms with Crippen molar-refractivity contribution in [3.8, 4) is 0 Å². The van der Waals surface area contributed by atoms with Gasteiger partial charge in [-0.1, -0.05) is 35.3 Å². The molecule has 2 fully saturated rings. The average molecular weight is 515 g/mol. The van der Waals surface area contributed by atoms with E-state index < -0.39 is 0 Å². The molecule has 2 aliphatic heterocycles. The summed E-state index contributed by atoms with van der Waals surface area (Å²) in [6.07, 6.45) is 1.99. The van der Waals surface area contributed by atoms with Gasteiger partial charge in [-0.15, -0.1) is 0 Å². The summed E-state index contributed by atoms with van der Waals surface area (Å²) in [5, 5.41) is 1.38. The molecule has 2 saturated heterocycles. The van der Waals surface area contributed by atoms with Crippen LogP contribution in [0.3, 0.4) is 0 Å². The summed E-state index contributed by atoms with van der Waals surface area (Å²) < 4.78 is 2.33. The predicted octanol–water partition coefficient (Wildman–Crippen LogP) is 5.48. The number of carbonyl (C=O) groups is 1. The Hall–Kier alpha value is -2.28. The van der Waals surface area contributed by atoms with E-state index in [9.17, 15) is 4.79 Å². The molecule has 2 aromatic carbocycles. The van der Waals surface area contributed by atoms with Gasteiger partial charge in [0.25, 0.3) is 0 Å². The van der Waals surface area contributed by atoms with Crippen LogP contribution in [-0.4, -0.2) is 64.5 Å². The van der Waals surface area contributed by atoms with Gasteiger partial charge in [0.1, 0.15) is 5.82 Å². The highest BCUT2D eigenvalue weighted by atomic mass is 35.5. The minimum absolute atomic E-state index is 0.0435. The smallest absolute Gasteiger partial charge is 0.227 e. The van der Waals surface area contributed by atoms with Gasteiger partial charge in [-0.2, -0.15) is 0 Å². The second-order valence-electron chi connectivity index (χ2n) is 9.96. The molecular formula is C27H33Cl2N5O. The zero-order valence-electron chi connectivity index (χ0n) is 20.5. The quantitative estimate of drug-likeness (QED) is 0.452. The Morgan fingerprint density at radius 1 is 1.06 bits per heavy atom. The number of para-hydroxylation sites is 2. The first kappa shape index (κ1) is 24.4. The lowest BCUT2D eigenvalue weighted by atomic mass is 9.96. The standard InChI is InChI=1S/C27H33Cl2N5O/c1-19(2)34-24-8-4-3-7-23(24)30-26(34)18-31-11-5-6-20(17-31)27(35)33-14-12-32(13-15-33)25-16-21(28)9-10-22(25)29/h3-4,7-10,16,19-20H,5-6,11-15,17-18H2,1-2H3/t20-/m0/s1. The van der Waals surface area contributed by atoms with E-state index in [0.717, 1.165) is 62.6 Å². The third kappa shape index (κ3) is 5.16. The molecule has 1 atom stereocenters. The third-order valence-electron chi connectivity index (χ3n) is 7.25. The number of likely N-dealkylation sites (tertiary alicyclic amines) is 1. The molecule has 5 rings (SSSR count). The lowest BCUT2D eigenvalue weighted by molar-refractivity contribution is -0.137. The minimum Gasteiger partial charge on any atom is -0.367 e. The van der Waals surface area contributed by atoms with Crippen molar-refractivity contribution in [2.24, 2.45) is 5.92 Å². The van der Waals surface area contributed by atoms with Crippen molar-refractivity contribution in [3.05, 3.63) is 58.3 Å². The molecule has 0 N–H and O–H groups in total. The normalized spacial score (nSPS) is 19.6. The van der Waals surface area contributed by atoms with Crippen molar-refractivity contribution in [2.45, 2.75) is 39.3 Å². The number of halogens is 2. The van der Waals surface area contributed by atoms with Gasteiger partial charge < -0.3 is 14.4 Å². The highest BCUT2D eigenvalue weighted by molar-refractivity contribution is 6.35. The summed E-state index contributed by atoms with van der Waals surface area (Å²) in [5.41, 5.74) is 3.17. The van der Waals surface area contributed by atoms with E-state index >= 15 is 0 Å². The van der Waals surface area contributed by atoms with Crippen LogP contribution in [0.15, 0.2) is 42.5 Å². The number of benzene rings is 2. The van der Waals surface area contributed by atoms with Gasteiger partial charge in [0.05, 0.1) is 34.2 Å². The Bertz CT molecular complexity index is 1200. The number of piperazine rings is 1. The molecular weight excluding hydrogens is 481 g/mol. The van der Waals surface area contributed by atoms with Crippen molar-refractivity contribution in [1.82, 2.24) is 19.4 Å². The fourth-order valence-electron chi connectivity index (χ4n) is 5.54. The summed E-state index contributed by atoms with van der Waals surface area (Å²) >= 11 is 12.6. The summed E-state index contributed by atoms with van der Waals surface area (Å²) in [6, 6.07) is 14.2. The second-order valence-corrected chi connectivity index (χ2v) is 10.8. The van der Waals surface area contributed by atoms with E-state index in [2.05, 4.69) is 46.4 Å². The molecule has 0 spiro atoms. The van der Waals surface area contributed by atoms with Crippen LogP contribution < -0.4 is 4.90 Å². The van der Waals surface area contributed by atoms with Crippen LogP contribution in [0.5, 0.6) is 0 Å². The lowest BCUT2D eigenvalue weighted by Crippen LogP contribution is -2.52. The first-order valence-corrected chi connectivity index (χ1v) is 13.3. The molecule has 186 valence electrons. The number of anilines is 1. The number of aromatic nitrogens is 2. The molecule has 0 aliphatic carbocycles. The van der Waals surface area contributed by atoms with Gasteiger partial charge in [0, 0.05) is 43.8 Å². The molecule has 0 radical (unpaired) electrons. The molecule has 1 amide bonds. The number of imidazole rings is 1. The fraction of sp³-hybridized carbons (Fsp3) is 0.481. The SMILES string of the molecule is CC(C)n1c(CN2CCC[C@H](C(=O)N3CCN(c4cc(Cl)ccc4Cl)CC3)C2)nc2ccccc21. The van der Waals surface area contributed by atoms with E-state index in [4.69, 9.17) is 28.2 Å². The molecule has 35 heavy (non-hydrogen) atoms. The van der Waals surface area contributed by atoms with Gasteiger partial charge in [-0.25, -0.2) is 4.98 Å². The molecule has 6 nitrogen and oxygen atoms in total. The third-order valence-corrected chi connectivity index (χ3v) is 7.80. The zero-order valence-corrected chi connectivity index (χ0v) is 22.0. The molecule has 3 aromatic rings.